The van der Waals surface area contributed by atoms with E-state index in [0.29, 0.717) is 5.92 Å². The summed E-state index contributed by atoms with van der Waals surface area (Å²) in [5.74, 6) is 2.93. The van der Waals surface area contributed by atoms with Gasteiger partial charge in [0.25, 0.3) is 0 Å². The van der Waals surface area contributed by atoms with Crippen LogP contribution in [-0.4, -0.2) is 58.6 Å². The molecule has 2 saturated heterocycles. The second-order valence-corrected chi connectivity index (χ2v) is 8.86. The van der Waals surface area contributed by atoms with E-state index in [0.717, 1.165) is 85.4 Å². The van der Waals surface area contributed by atoms with Crippen LogP contribution in [-0.2, 0) is 4.74 Å². The lowest BCUT2D eigenvalue weighted by molar-refractivity contribution is 0.0787. The number of halogens is 1. The lowest BCUT2D eigenvalue weighted by atomic mass is 9.90. The highest BCUT2D eigenvalue weighted by molar-refractivity contribution is 6.32. The molecule has 0 aliphatic carbocycles. The van der Waals surface area contributed by atoms with Crippen LogP contribution in [0.2, 0.25) is 5.02 Å². The van der Waals surface area contributed by atoms with Crippen molar-refractivity contribution in [1.29, 1.82) is 0 Å². The molecule has 1 aromatic carbocycles. The van der Waals surface area contributed by atoms with Gasteiger partial charge in [-0.05, 0) is 69.8 Å². The minimum Gasteiger partial charge on any atom is -0.377 e. The molecule has 1 atom stereocenters. The predicted molar refractivity (Wildman–Crippen MR) is 123 cm³/mol. The number of nitrogens with zero attached hydrogens (tertiary/aromatic N) is 5. The van der Waals surface area contributed by atoms with Crippen LogP contribution in [0.4, 0.5) is 5.82 Å². The molecule has 2 fully saturated rings. The number of benzene rings is 1. The fraction of sp³-hybridized carbons (Fsp3) is 0.522. The number of anilines is 1. The highest BCUT2D eigenvalue weighted by Crippen LogP contribution is 2.35. The number of ether oxygens (including phenoxy) is 1. The van der Waals surface area contributed by atoms with Crippen LogP contribution < -0.4 is 10.2 Å². The molecule has 164 valence electrons. The number of rotatable bonds is 5. The van der Waals surface area contributed by atoms with Crippen LogP contribution in [0.5, 0.6) is 0 Å². The fourth-order valence-electron chi connectivity index (χ4n) is 4.81. The number of nitrogens with one attached hydrogen (secondary N) is 1. The van der Waals surface area contributed by atoms with Crippen LogP contribution in [0, 0.1) is 6.92 Å². The van der Waals surface area contributed by atoms with Gasteiger partial charge in [0, 0.05) is 36.2 Å². The Morgan fingerprint density at radius 2 is 1.94 bits per heavy atom. The van der Waals surface area contributed by atoms with Crippen molar-refractivity contribution < 1.29 is 4.74 Å². The summed E-state index contributed by atoms with van der Waals surface area (Å²) in [6.07, 6.45) is 5.36. The summed E-state index contributed by atoms with van der Waals surface area (Å²) in [6, 6.07) is 6.28. The first-order chi connectivity index (χ1) is 15.1. The molecule has 0 bridgehead atoms. The van der Waals surface area contributed by atoms with Crippen molar-refractivity contribution >= 4 is 28.3 Å². The number of piperidine rings is 1. The first-order valence-corrected chi connectivity index (χ1v) is 11.6. The lowest BCUT2D eigenvalue weighted by Crippen LogP contribution is -2.26. The summed E-state index contributed by atoms with van der Waals surface area (Å²) in [4.78, 5) is 11.7. The molecule has 2 aliphatic heterocycles. The molecule has 0 spiro atoms. The first kappa shape index (κ1) is 20.7. The second kappa shape index (κ2) is 8.73. The molecule has 2 aromatic heterocycles. The van der Waals surface area contributed by atoms with Gasteiger partial charge in [0.2, 0.25) is 0 Å². The average Bonchev–Trinajstić information content (AvgIpc) is 3.40. The Morgan fingerprint density at radius 3 is 2.74 bits per heavy atom. The van der Waals surface area contributed by atoms with Crippen LogP contribution in [0.1, 0.15) is 43.5 Å². The van der Waals surface area contributed by atoms with Crippen molar-refractivity contribution in [3.8, 4) is 5.82 Å². The molecule has 0 saturated carbocycles. The van der Waals surface area contributed by atoms with Crippen LogP contribution in [0.3, 0.4) is 0 Å². The zero-order chi connectivity index (χ0) is 21.4. The van der Waals surface area contributed by atoms with Gasteiger partial charge < -0.3 is 15.0 Å². The van der Waals surface area contributed by atoms with Crippen molar-refractivity contribution in [3.05, 3.63) is 40.8 Å². The Balaban J connectivity index is 1.51. The van der Waals surface area contributed by atoms with E-state index in [1.807, 2.05) is 36.9 Å². The second-order valence-electron chi connectivity index (χ2n) is 8.46. The van der Waals surface area contributed by atoms with Gasteiger partial charge in [-0.3, -0.25) is 0 Å². The van der Waals surface area contributed by atoms with Crippen molar-refractivity contribution in [1.82, 2.24) is 25.1 Å². The van der Waals surface area contributed by atoms with Gasteiger partial charge in [-0.1, -0.05) is 11.6 Å². The third kappa shape index (κ3) is 4.14. The number of aromatic nitrogens is 4. The largest absolute Gasteiger partial charge is 0.377 e. The van der Waals surface area contributed by atoms with E-state index in [1.165, 1.54) is 5.56 Å². The normalized spacial score (nSPS) is 20.1. The van der Waals surface area contributed by atoms with Crippen molar-refractivity contribution in [2.24, 2.45) is 0 Å². The van der Waals surface area contributed by atoms with Gasteiger partial charge in [-0.15, -0.1) is 0 Å². The first-order valence-electron chi connectivity index (χ1n) is 11.2. The maximum absolute atomic E-state index is 6.67. The highest BCUT2D eigenvalue weighted by Gasteiger charge is 2.25. The van der Waals surface area contributed by atoms with Crippen molar-refractivity contribution in [3.63, 3.8) is 0 Å². The van der Waals surface area contributed by atoms with Gasteiger partial charge in [0.1, 0.15) is 11.6 Å². The summed E-state index contributed by atoms with van der Waals surface area (Å²) < 4.78 is 7.73. The summed E-state index contributed by atoms with van der Waals surface area (Å²) in [5, 5.41) is 9.95. The third-order valence-electron chi connectivity index (χ3n) is 6.36. The molecule has 1 N–H and O–H groups in total. The Morgan fingerprint density at radius 1 is 1.13 bits per heavy atom. The number of hydrogen-bond acceptors (Lipinski definition) is 6. The average molecular weight is 441 g/mol. The van der Waals surface area contributed by atoms with Crippen molar-refractivity contribution in [2.75, 3.05) is 37.7 Å². The van der Waals surface area contributed by atoms with Gasteiger partial charge in [0.15, 0.2) is 5.82 Å². The Kier molecular flexibility index (Phi) is 5.82. The molecule has 7 nitrogen and oxygen atoms in total. The maximum atomic E-state index is 6.67. The maximum Gasteiger partial charge on any atom is 0.159 e. The van der Waals surface area contributed by atoms with Crippen molar-refractivity contribution in [2.45, 2.75) is 45.1 Å². The van der Waals surface area contributed by atoms with E-state index < -0.39 is 0 Å². The summed E-state index contributed by atoms with van der Waals surface area (Å²) in [6.45, 7) is 8.59. The van der Waals surface area contributed by atoms with Gasteiger partial charge in [0.05, 0.1) is 17.8 Å². The van der Waals surface area contributed by atoms with Crippen LogP contribution in [0.15, 0.2) is 24.4 Å². The molecule has 0 amide bonds. The molecule has 5 rings (SSSR count). The SMILES string of the molecule is CCOC1CCN(c2cc(-n3ncc4cc(Cl)c(C5CCNCC5)cc43)nc(C)n2)C1. The predicted octanol–water partition coefficient (Wildman–Crippen LogP) is 3.86. The molecular formula is C23H29ClN6O. The molecular weight excluding hydrogens is 412 g/mol. The van der Waals surface area contributed by atoms with E-state index in [2.05, 4.69) is 21.4 Å². The molecule has 2 aliphatic rings. The number of hydrogen-bond donors (Lipinski definition) is 1. The molecule has 0 radical (unpaired) electrons. The van der Waals surface area contributed by atoms with E-state index in [1.54, 1.807) is 0 Å². The summed E-state index contributed by atoms with van der Waals surface area (Å²) in [5.41, 5.74) is 2.25. The topological polar surface area (TPSA) is 68.1 Å². The van der Waals surface area contributed by atoms with Gasteiger partial charge in [-0.2, -0.15) is 5.10 Å². The molecule has 1 unspecified atom stereocenters. The van der Waals surface area contributed by atoms with Gasteiger partial charge in [-0.25, -0.2) is 14.6 Å². The van der Waals surface area contributed by atoms with E-state index in [-0.39, 0.29) is 6.10 Å². The Hall–Kier alpha value is -2.22. The highest BCUT2D eigenvalue weighted by atomic mass is 35.5. The van der Waals surface area contributed by atoms with E-state index >= 15 is 0 Å². The molecule has 31 heavy (non-hydrogen) atoms. The number of fused-ring (bicyclic) bond motifs is 1. The zero-order valence-corrected chi connectivity index (χ0v) is 18.9. The molecule has 4 heterocycles. The fourth-order valence-corrected chi connectivity index (χ4v) is 5.13. The van der Waals surface area contributed by atoms with E-state index in [9.17, 15) is 0 Å². The lowest BCUT2D eigenvalue weighted by Gasteiger charge is -2.24. The smallest absolute Gasteiger partial charge is 0.159 e. The zero-order valence-electron chi connectivity index (χ0n) is 18.1. The van der Waals surface area contributed by atoms with Crippen LogP contribution >= 0.6 is 11.6 Å². The minimum atomic E-state index is 0.268. The summed E-state index contributed by atoms with van der Waals surface area (Å²) >= 11 is 6.67. The third-order valence-corrected chi connectivity index (χ3v) is 6.69. The molecule has 3 aromatic rings. The van der Waals surface area contributed by atoms with E-state index in [4.69, 9.17) is 26.3 Å². The Labute approximate surface area is 187 Å². The molecule has 8 heteroatoms. The minimum absolute atomic E-state index is 0.268. The number of aryl methyl sites for hydroxylation is 1. The Bertz CT molecular complexity index is 1080. The monoisotopic (exact) mass is 440 g/mol. The van der Waals surface area contributed by atoms with Gasteiger partial charge >= 0.3 is 0 Å². The quantitative estimate of drug-likeness (QED) is 0.649. The summed E-state index contributed by atoms with van der Waals surface area (Å²) in [7, 11) is 0. The van der Waals surface area contributed by atoms with Crippen LogP contribution in [0.25, 0.3) is 16.7 Å². The standard InChI is InChI=1S/C23H29ClN6O/c1-3-31-18-6-9-29(14-18)22-12-23(28-15(2)27-22)30-21-11-19(16-4-7-25-8-5-16)20(24)10-17(21)13-26-30/h10-13,16,18,25H,3-9,14H2,1-2H3.